The molecule has 0 aromatic carbocycles. The van der Waals surface area contributed by atoms with E-state index in [2.05, 4.69) is 29.4 Å². The Bertz CT molecular complexity index is 408. The monoisotopic (exact) mass is 270 g/mol. The molecule has 102 valence electrons. The highest BCUT2D eigenvalue weighted by atomic mass is 32.1. The van der Waals surface area contributed by atoms with E-state index in [9.17, 15) is 4.79 Å². The molecule has 0 spiro atoms. The van der Waals surface area contributed by atoms with E-state index in [1.807, 2.05) is 20.8 Å². The summed E-state index contributed by atoms with van der Waals surface area (Å²) in [6, 6.07) is -0.560. The van der Waals surface area contributed by atoms with E-state index in [0.717, 1.165) is 11.4 Å². The van der Waals surface area contributed by atoms with Gasteiger partial charge < -0.3 is 5.73 Å². The Morgan fingerprint density at radius 3 is 2.50 bits per heavy atom. The van der Waals surface area contributed by atoms with Gasteiger partial charge in [0.05, 0.1) is 6.04 Å². The Kier molecular flexibility index (Phi) is 4.81. The van der Waals surface area contributed by atoms with Crippen molar-refractivity contribution in [3.8, 4) is 0 Å². The number of aromatic nitrogens is 2. The van der Waals surface area contributed by atoms with E-state index in [4.69, 9.17) is 5.73 Å². The summed E-state index contributed by atoms with van der Waals surface area (Å²) in [6.45, 7) is 10.0. The van der Waals surface area contributed by atoms with Crippen LogP contribution in [-0.4, -0.2) is 22.1 Å². The molecule has 0 unspecified atom stereocenters. The minimum atomic E-state index is -0.560. The van der Waals surface area contributed by atoms with Crippen LogP contribution >= 0.6 is 11.3 Å². The molecule has 1 aromatic rings. The fourth-order valence-electron chi connectivity index (χ4n) is 1.31. The molecule has 1 atom stereocenters. The third-order valence-electron chi connectivity index (χ3n) is 2.50. The summed E-state index contributed by atoms with van der Waals surface area (Å²) in [5.41, 5.74) is 5.61. The van der Waals surface area contributed by atoms with Gasteiger partial charge >= 0.3 is 0 Å². The maximum Gasteiger partial charge on any atom is 0.243 e. The number of amides is 1. The predicted molar refractivity (Wildman–Crippen MR) is 74.5 cm³/mol. The van der Waals surface area contributed by atoms with Crippen molar-refractivity contribution in [2.45, 2.75) is 47.1 Å². The van der Waals surface area contributed by atoms with Crippen LogP contribution in [0.1, 0.15) is 39.6 Å². The van der Waals surface area contributed by atoms with Crippen molar-refractivity contribution in [1.82, 2.24) is 10.2 Å². The highest BCUT2D eigenvalue weighted by Gasteiger charge is 2.28. The predicted octanol–water partition coefficient (Wildman–Crippen LogP) is 2.05. The zero-order chi connectivity index (χ0) is 13.9. The Morgan fingerprint density at radius 1 is 1.39 bits per heavy atom. The fraction of sp³-hybridized carbons (Fsp3) is 0.750. The van der Waals surface area contributed by atoms with Gasteiger partial charge in [0.2, 0.25) is 11.0 Å². The molecule has 18 heavy (non-hydrogen) atoms. The summed E-state index contributed by atoms with van der Waals surface area (Å²) < 4.78 is 0. The van der Waals surface area contributed by atoms with Crippen LogP contribution in [0.4, 0.5) is 5.13 Å². The first kappa shape index (κ1) is 15.0. The van der Waals surface area contributed by atoms with Crippen molar-refractivity contribution in [2.24, 2.45) is 17.1 Å². The number of carbonyl (C=O) groups is 1. The van der Waals surface area contributed by atoms with E-state index >= 15 is 0 Å². The van der Waals surface area contributed by atoms with Crippen molar-refractivity contribution in [3.63, 3.8) is 0 Å². The molecule has 0 bridgehead atoms. The number of anilines is 1. The lowest BCUT2D eigenvalue weighted by Crippen LogP contribution is -2.45. The SMILES string of the molecule is CC(C)Cc1nnc(NC(=O)[C@@H](N)C(C)(C)C)s1. The zero-order valence-electron chi connectivity index (χ0n) is 11.7. The molecule has 0 saturated carbocycles. The molecule has 0 radical (unpaired) electrons. The van der Waals surface area contributed by atoms with Crippen LogP contribution in [0.2, 0.25) is 0 Å². The molecule has 1 aromatic heterocycles. The highest BCUT2D eigenvalue weighted by molar-refractivity contribution is 7.15. The van der Waals surface area contributed by atoms with Crippen molar-refractivity contribution >= 4 is 22.4 Å². The van der Waals surface area contributed by atoms with Gasteiger partial charge in [-0.2, -0.15) is 0 Å². The minimum Gasteiger partial charge on any atom is -0.319 e. The fourth-order valence-corrected chi connectivity index (χ4v) is 2.27. The number of nitrogens with one attached hydrogen (secondary N) is 1. The van der Waals surface area contributed by atoms with Gasteiger partial charge in [0.1, 0.15) is 5.01 Å². The second-order valence-corrected chi connectivity index (χ2v) is 6.99. The van der Waals surface area contributed by atoms with Gasteiger partial charge in [-0.25, -0.2) is 0 Å². The maximum atomic E-state index is 11.9. The first-order valence-corrected chi connectivity index (χ1v) is 6.90. The van der Waals surface area contributed by atoms with Crippen LogP contribution in [0.5, 0.6) is 0 Å². The minimum absolute atomic E-state index is 0.213. The topological polar surface area (TPSA) is 80.9 Å². The van der Waals surface area contributed by atoms with Gasteiger partial charge in [-0.15, -0.1) is 10.2 Å². The molecule has 0 aliphatic carbocycles. The standard InChI is InChI=1S/C12H22N4OS/c1-7(2)6-8-15-16-11(18-8)14-10(17)9(13)12(3,4)5/h7,9H,6,13H2,1-5H3,(H,14,16,17)/t9-/m1/s1. The smallest absolute Gasteiger partial charge is 0.243 e. The van der Waals surface area contributed by atoms with E-state index < -0.39 is 6.04 Å². The number of rotatable bonds is 4. The second-order valence-electron chi connectivity index (χ2n) is 5.93. The van der Waals surface area contributed by atoms with Crippen molar-refractivity contribution in [1.29, 1.82) is 0 Å². The second kappa shape index (κ2) is 5.75. The first-order valence-electron chi connectivity index (χ1n) is 6.09. The van der Waals surface area contributed by atoms with Gasteiger partial charge in [-0.1, -0.05) is 46.0 Å². The van der Waals surface area contributed by atoms with E-state index in [1.165, 1.54) is 11.3 Å². The van der Waals surface area contributed by atoms with E-state index in [1.54, 1.807) is 0 Å². The molecule has 0 saturated heterocycles. The normalized spacial score (nSPS) is 13.7. The molecule has 0 aliphatic heterocycles. The maximum absolute atomic E-state index is 11.9. The molecule has 0 fully saturated rings. The van der Waals surface area contributed by atoms with E-state index in [0.29, 0.717) is 11.0 Å². The molecule has 3 N–H and O–H groups in total. The molecule has 5 nitrogen and oxygen atoms in total. The molecule has 1 amide bonds. The molecule has 1 heterocycles. The molecule has 0 aliphatic rings. The van der Waals surface area contributed by atoms with Crippen LogP contribution in [0.3, 0.4) is 0 Å². The summed E-state index contributed by atoms with van der Waals surface area (Å²) >= 11 is 1.41. The Hall–Kier alpha value is -1.01. The summed E-state index contributed by atoms with van der Waals surface area (Å²) in [4.78, 5) is 11.9. The molecular formula is C12H22N4OS. The summed E-state index contributed by atoms with van der Waals surface area (Å²) in [5, 5.41) is 12.2. The largest absolute Gasteiger partial charge is 0.319 e. The summed E-state index contributed by atoms with van der Waals surface area (Å²) in [7, 11) is 0. The molecular weight excluding hydrogens is 248 g/mol. The number of hydrogen-bond donors (Lipinski definition) is 2. The van der Waals surface area contributed by atoms with Crippen LogP contribution in [0, 0.1) is 11.3 Å². The summed E-state index contributed by atoms with van der Waals surface area (Å²) in [5.74, 6) is 0.313. The number of carbonyl (C=O) groups excluding carboxylic acids is 1. The number of nitrogens with two attached hydrogens (primary N) is 1. The van der Waals surface area contributed by atoms with Gasteiger partial charge in [0.15, 0.2) is 0 Å². The zero-order valence-corrected chi connectivity index (χ0v) is 12.5. The summed E-state index contributed by atoms with van der Waals surface area (Å²) in [6.07, 6.45) is 0.874. The van der Waals surface area contributed by atoms with Gasteiger partial charge in [0.25, 0.3) is 0 Å². The Morgan fingerprint density at radius 2 is 2.00 bits per heavy atom. The molecule has 1 rings (SSSR count). The van der Waals surface area contributed by atoms with Gasteiger partial charge in [-0.3, -0.25) is 10.1 Å². The third-order valence-corrected chi connectivity index (χ3v) is 3.36. The van der Waals surface area contributed by atoms with Crippen molar-refractivity contribution < 1.29 is 4.79 Å². The lowest BCUT2D eigenvalue weighted by atomic mass is 9.87. The van der Waals surface area contributed by atoms with Crippen LogP contribution < -0.4 is 11.1 Å². The van der Waals surface area contributed by atoms with Crippen molar-refractivity contribution in [3.05, 3.63) is 5.01 Å². The number of hydrogen-bond acceptors (Lipinski definition) is 5. The average Bonchev–Trinajstić information content (AvgIpc) is 2.61. The van der Waals surface area contributed by atoms with Crippen molar-refractivity contribution in [2.75, 3.05) is 5.32 Å². The lowest BCUT2D eigenvalue weighted by molar-refractivity contribution is -0.119. The number of nitrogens with zero attached hydrogens (tertiary/aromatic N) is 2. The molecule has 6 heteroatoms. The Balaban J connectivity index is 2.63. The van der Waals surface area contributed by atoms with Gasteiger partial charge in [0, 0.05) is 6.42 Å². The van der Waals surface area contributed by atoms with Crippen LogP contribution in [0.25, 0.3) is 0 Å². The Labute approximate surface area is 112 Å². The average molecular weight is 270 g/mol. The van der Waals surface area contributed by atoms with Gasteiger partial charge in [-0.05, 0) is 11.3 Å². The third kappa shape index (κ3) is 4.34. The quantitative estimate of drug-likeness (QED) is 0.877. The lowest BCUT2D eigenvalue weighted by Gasteiger charge is -2.25. The first-order chi connectivity index (χ1) is 8.20. The van der Waals surface area contributed by atoms with Crippen LogP contribution in [-0.2, 0) is 11.2 Å². The van der Waals surface area contributed by atoms with Crippen LogP contribution in [0.15, 0.2) is 0 Å². The highest BCUT2D eigenvalue weighted by Crippen LogP contribution is 2.21. The van der Waals surface area contributed by atoms with E-state index in [-0.39, 0.29) is 11.3 Å².